The van der Waals surface area contributed by atoms with Gasteiger partial charge < -0.3 is 14.9 Å². The second kappa shape index (κ2) is 9.59. The van der Waals surface area contributed by atoms with E-state index in [4.69, 9.17) is 0 Å². The molecule has 1 heterocycles. The smallest absolute Gasteiger partial charge is 0.295 e. The summed E-state index contributed by atoms with van der Waals surface area (Å²) < 4.78 is 0. The van der Waals surface area contributed by atoms with Crippen molar-refractivity contribution in [3.63, 3.8) is 0 Å². The summed E-state index contributed by atoms with van der Waals surface area (Å²) in [6, 6.07) is 20.8. The maximum atomic E-state index is 13.2. The highest BCUT2D eigenvalue weighted by Crippen LogP contribution is 2.39. The third-order valence-corrected chi connectivity index (χ3v) is 6.27. The molecule has 3 aromatic carbocycles. The lowest BCUT2D eigenvalue weighted by atomic mass is 9.93. The Balaban J connectivity index is 1.81. The van der Waals surface area contributed by atoms with E-state index in [1.54, 1.807) is 11.0 Å². The van der Waals surface area contributed by atoms with Gasteiger partial charge in [-0.2, -0.15) is 0 Å². The van der Waals surface area contributed by atoms with Crippen molar-refractivity contribution < 1.29 is 14.7 Å². The van der Waals surface area contributed by atoms with Crippen LogP contribution >= 0.6 is 0 Å². The normalized spacial score (nSPS) is 17.9. The number of aliphatic hydroxyl groups excluding tert-OH is 1. The van der Waals surface area contributed by atoms with Crippen LogP contribution in [0.15, 0.2) is 72.3 Å². The van der Waals surface area contributed by atoms with Crippen molar-refractivity contribution in [2.75, 3.05) is 27.2 Å². The molecule has 0 radical (unpaired) electrons. The molecule has 0 aromatic heterocycles. The highest BCUT2D eigenvalue weighted by atomic mass is 16.3. The lowest BCUT2D eigenvalue weighted by molar-refractivity contribution is -0.139. The molecule has 0 spiro atoms. The molecular formula is C28H30N2O3. The van der Waals surface area contributed by atoms with Crippen LogP contribution in [-0.4, -0.2) is 53.8 Å². The molecule has 1 amide bonds. The van der Waals surface area contributed by atoms with E-state index in [2.05, 4.69) is 11.8 Å². The molecule has 1 aliphatic heterocycles. The van der Waals surface area contributed by atoms with Gasteiger partial charge in [-0.1, -0.05) is 67.6 Å². The van der Waals surface area contributed by atoms with Crippen LogP contribution in [-0.2, 0) is 16.0 Å². The number of hydrogen-bond donors (Lipinski definition) is 1. The van der Waals surface area contributed by atoms with Crippen LogP contribution in [0.5, 0.6) is 0 Å². The number of likely N-dealkylation sites (tertiary alicyclic amines) is 1. The van der Waals surface area contributed by atoms with E-state index in [1.807, 2.05) is 74.8 Å². The minimum Gasteiger partial charge on any atom is -0.507 e. The average Bonchev–Trinajstić information content (AvgIpc) is 3.08. The maximum Gasteiger partial charge on any atom is 0.295 e. The Hall–Kier alpha value is -3.44. The summed E-state index contributed by atoms with van der Waals surface area (Å²) in [5.74, 6) is -1.31. The highest BCUT2D eigenvalue weighted by molar-refractivity contribution is 6.46. The summed E-state index contributed by atoms with van der Waals surface area (Å²) in [7, 11) is 3.96. The molecule has 1 saturated heterocycles. The van der Waals surface area contributed by atoms with Gasteiger partial charge in [-0.3, -0.25) is 9.59 Å². The molecular weight excluding hydrogens is 412 g/mol. The Labute approximate surface area is 194 Å². The minimum atomic E-state index is -0.630. The van der Waals surface area contributed by atoms with E-state index in [1.165, 1.54) is 5.56 Å². The zero-order valence-corrected chi connectivity index (χ0v) is 19.4. The second-order valence-electron chi connectivity index (χ2n) is 8.81. The number of fused-ring (bicyclic) bond motifs is 1. The molecule has 0 bridgehead atoms. The Morgan fingerprint density at radius 2 is 1.67 bits per heavy atom. The minimum absolute atomic E-state index is 0.126. The molecule has 1 fully saturated rings. The molecule has 33 heavy (non-hydrogen) atoms. The predicted octanol–water partition coefficient (Wildman–Crippen LogP) is 4.78. The number of benzene rings is 3. The van der Waals surface area contributed by atoms with Crippen molar-refractivity contribution in [1.29, 1.82) is 0 Å². The van der Waals surface area contributed by atoms with Crippen LogP contribution in [0.25, 0.3) is 16.5 Å². The number of Topliss-reactive ketones (excluding diaryl/α,β-unsaturated/α-hetero) is 1. The van der Waals surface area contributed by atoms with E-state index < -0.39 is 17.7 Å². The molecule has 170 valence electrons. The van der Waals surface area contributed by atoms with Gasteiger partial charge >= 0.3 is 0 Å². The first-order chi connectivity index (χ1) is 15.9. The van der Waals surface area contributed by atoms with E-state index >= 15 is 0 Å². The van der Waals surface area contributed by atoms with Crippen LogP contribution in [0.3, 0.4) is 0 Å². The lowest BCUT2D eigenvalue weighted by Gasteiger charge is -2.26. The third-order valence-electron chi connectivity index (χ3n) is 6.27. The summed E-state index contributed by atoms with van der Waals surface area (Å²) in [4.78, 5) is 29.9. The third kappa shape index (κ3) is 4.55. The van der Waals surface area contributed by atoms with Gasteiger partial charge in [-0.15, -0.1) is 0 Å². The fourth-order valence-corrected chi connectivity index (χ4v) is 4.44. The van der Waals surface area contributed by atoms with Crippen LogP contribution < -0.4 is 0 Å². The molecule has 1 N–H and O–H groups in total. The number of ketones is 1. The molecule has 0 aliphatic carbocycles. The highest BCUT2D eigenvalue weighted by Gasteiger charge is 2.45. The zero-order chi connectivity index (χ0) is 23.5. The standard InChI is InChI=1S/C28H30N2O3/c1-4-19-10-12-21(13-11-19)25-24(27(32)28(33)30(25)17-7-16-29(2)3)26(31)23-15-14-20-8-5-6-9-22(20)18-23/h5-6,8-15,18,25,31H,4,7,16-17H2,1-3H3/b26-24-. The predicted molar refractivity (Wildman–Crippen MR) is 132 cm³/mol. The fraction of sp³-hybridized carbons (Fsp3) is 0.286. The van der Waals surface area contributed by atoms with E-state index in [9.17, 15) is 14.7 Å². The molecule has 3 aromatic rings. The number of aliphatic hydroxyl groups is 1. The summed E-state index contributed by atoms with van der Waals surface area (Å²) in [5, 5.41) is 13.3. The summed E-state index contributed by atoms with van der Waals surface area (Å²) in [6.07, 6.45) is 1.64. The van der Waals surface area contributed by atoms with E-state index in [-0.39, 0.29) is 11.3 Å². The average molecular weight is 443 g/mol. The zero-order valence-electron chi connectivity index (χ0n) is 19.4. The van der Waals surface area contributed by atoms with Crippen molar-refractivity contribution >= 4 is 28.2 Å². The Morgan fingerprint density at radius 3 is 2.33 bits per heavy atom. The number of carbonyl (C=O) groups excluding carboxylic acids is 2. The van der Waals surface area contributed by atoms with Gasteiger partial charge in [0.2, 0.25) is 0 Å². The van der Waals surface area contributed by atoms with Crippen molar-refractivity contribution in [2.45, 2.75) is 25.8 Å². The quantitative estimate of drug-likeness (QED) is 0.325. The number of amides is 1. The summed E-state index contributed by atoms with van der Waals surface area (Å²) >= 11 is 0. The summed E-state index contributed by atoms with van der Waals surface area (Å²) in [5.41, 5.74) is 2.70. The van der Waals surface area contributed by atoms with Gasteiger partial charge in [0.1, 0.15) is 5.76 Å². The number of aryl methyl sites for hydroxylation is 1. The van der Waals surface area contributed by atoms with Gasteiger partial charge in [0.15, 0.2) is 0 Å². The number of rotatable bonds is 7. The Bertz CT molecular complexity index is 1210. The fourth-order valence-electron chi connectivity index (χ4n) is 4.44. The molecule has 5 heteroatoms. The van der Waals surface area contributed by atoms with E-state index in [0.29, 0.717) is 12.1 Å². The maximum absolute atomic E-state index is 13.2. The Morgan fingerprint density at radius 1 is 0.970 bits per heavy atom. The largest absolute Gasteiger partial charge is 0.507 e. The van der Waals surface area contributed by atoms with Crippen LogP contribution in [0, 0.1) is 0 Å². The first-order valence-corrected chi connectivity index (χ1v) is 11.4. The lowest BCUT2D eigenvalue weighted by Crippen LogP contribution is -2.32. The second-order valence-corrected chi connectivity index (χ2v) is 8.81. The first kappa shape index (κ1) is 22.7. The van der Waals surface area contributed by atoms with E-state index in [0.717, 1.165) is 35.7 Å². The molecule has 0 saturated carbocycles. The topological polar surface area (TPSA) is 60.9 Å². The number of hydrogen-bond acceptors (Lipinski definition) is 4. The van der Waals surface area contributed by atoms with Gasteiger partial charge in [0.05, 0.1) is 11.6 Å². The SMILES string of the molecule is CCc1ccc(C2/C(=C(/O)c3ccc4ccccc4c3)C(=O)C(=O)N2CCCN(C)C)cc1. The number of nitrogens with zero attached hydrogens (tertiary/aromatic N) is 2. The van der Waals surface area contributed by atoms with Gasteiger partial charge in [-0.25, -0.2) is 0 Å². The van der Waals surface area contributed by atoms with Crippen LogP contribution in [0.2, 0.25) is 0 Å². The molecule has 1 atom stereocenters. The molecule has 5 nitrogen and oxygen atoms in total. The summed E-state index contributed by atoms with van der Waals surface area (Å²) in [6.45, 7) is 3.33. The first-order valence-electron chi connectivity index (χ1n) is 11.4. The van der Waals surface area contributed by atoms with Crippen molar-refractivity contribution in [1.82, 2.24) is 9.80 Å². The molecule has 1 unspecified atom stereocenters. The Kier molecular flexibility index (Phi) is 6.61. The van der Waals surface area contributed by atoms with Gasteiger partial charge in [-0.05, 0) is 61.4 Å². The molecule has 1 aliphatic rings. The van der Waals surface area contributed by atoms with Gasteiger partial charge in [0.25, 0.3) is 11.7 Å². The monoisotopic (exact) mass is 442 g/mol. The number of carbonyl (C=O) groups is 2. The van der Waals surface area contributed by atoms with Crippen LogP contribution in [0.1, 0.15) is 36.1 Å². The van der Waals surface area contributed by atoms with Crippen LogP contribution in [0.4, 0.5) is 0 Å². The van der Waals surface area contributed by atoms with Gasteiger partial charge in [0, 0.05) is 12.1 Å². The van der Waals surface area contributed by atoms with Crippen molar-refractivity contribution in [3.05, 3.63) is 89.0 Å². The molecule has 4 rings (SSSR count). The van der Waals surface area contributed by atoms with Crippen molar-refractivity contribution in [3.8, 4) is 0 Å². The van der Waals surface area contributed by atoms with Crippen molar-refractivity contribution in [2.24, 2.45) is 0 Å².